The van der Waals surface area contributed by atoms with Gasteiger partial charge in [0.25, 0.3) is 5.91 Å². The monoisotopic (exact) mass is 433 g/mol. The third-order valence-corrected chi connectivity index (χ3v) is 5.43. The highest BCUT2D eigenvalue weighted by Crippen LogP contribution is 2.30. The van der Waals surface area contributed by atoms with Crippen LogP contribution in [0.4, 0.5) is 13.2 Å². The van der Waals surface area contributed by atoms with Crippen molar-refractivity contribution in [1.82, 2.24) is 15.3 Å². The average Bonchev–Trinajstić information content (AvgIpc) is 3.18. The van der Waals surface area contributed by atoms with Gasteiger partial charge in [-0.05, 0) is 49.9 Å². The SMILES string of the molecule is COc1ccc2cc(C(=O)NC3CCC(Oc4ccc(C(F)(F)F)cn4)CC3)[nH]c2c1. The lowest BCUT2D eigenvalue weighted by atomic mass is 9.93. The maximum absolute atomic E-state index is 12.6. The van der Waals surface area contributed by atoms with Crippen LogP contribution in [0.3, 0.4) is 0 Å². The Morgan fingerprint density at radius 2 is 1.90 bits per heavy atom. The van der Waals surface area contributed by atoms with E-state index in [0.29, 0.717) is 37.1 Å². The molecule has 4 rings (SSSR count). The average molecular weight is 433 g/mol. The second-order valence-electron chi connectivity index (χ2n) is 7.58. The number of ether oxygens (including phenoxy) is 2. The highest BCUT2D eigenvalue weighted by atomic mass is 19.4. The fourth-order valence-corrected chi connectivity index (χ4v) is 3.73. The Balaban J connectivity index is 1.29. The summed E-state index contributed by atoms with van der Waals surface area (Å²) >= 11 is 0. The molecule has 0 saturated heterocycles. The predicted molar refractivity (Wildman–Crippen MR) is 108 cm³/mol. The van der Waals surface area contributed by atoms with Crippen LogP contribution in [0, 0.1) is 0 Å². The minimum absolute atomic E-state index is 0.00821. The number of carbonyl (C=O) groups excluding carboxylic acids is 1. The van der Waals surface area contributed by atoms with Crippen molar-refractivity contribution in [3.8, 4) is 11.6 Å². The number of alkyl halides is 3. The number of nitrogens with one attached hydrogen (secondary N) is 2. The number of methoxy groups -OCH3 is 1. The first kappa shape index (κ1) is 21.0. The van der Waals surface area contributed by atoms with Gasteiger partial charge in [-0.2, -0.15) is 13.2 Å². The van der Waals surface area contributed by atoms with Gasteiger partial charge in [-0.25, -0.2) is 4.98 Å². The van der Waals surface area contributed by atoms with Gasteiger partial charge in [0.05, 0.1) is 12.7 Å². The highest BCUT2D eigenvalue weighted by Gasteiger charge is 2.31. The van der Waals surface area contributed by atoms with Crippen LogP contribution in [0.15, 0.2) is 42.6 Å². The van der Waals surface area contributed by atoms with Crippen LogP contribution in [0.1, 0.15) is 41.7 Å². The topological polar surface area (TPSA) is 76.2 Å². The number of halogens is 3. The number of amides is 1. The number of hydrogen-bond acceptors (Lipinski definition) is 4. The van der Waals surface area contributed by atoms with Crippen LogP contribution < -0.4 is 14.8 Å². The van der Waals surface area contributed by atoms with Gasteiger partial charge in [-0.15, -0.1) is 0 Å². The summed E-state index contributed by atoms with van der Waals surface area (Å²) in [5, 5.41) is 3.96. The van der Waals surface area contributed by atoms with Gasteiger partial charge in [0, 0.05) is 35.3 Å². The van der Waals surface area contributed by atoms with Crippen LogP contribution in [-0.4, -0.2) is 35.1 Å². The minimum atomic E-state index is -4.42. The van der Waals surface area contributed by atoms with Crippen molar-refractivity contribution in [2.24, 2.45) is 0 Å². The van der Waals surface area contributed by atoms with Crippen molar-refractivity contribution in [3.63, 3.8) is 0 Å². The Labute approximate surface area is 176 Å². The number of aromatic amines is 1. The lowest BCUT2D eigenvalue weighted by Crippen LogP contribution is -2.39. The smallest absolute Gasteiger partial charge is 0.417 e. The number of hydrogen-bond donors (Lipinski definition) is 2. The molecule has 31 heavy (non-hydrogen) atoms. The molecule has 0 spiro atoms. The third-order valence-electron chi connectivity index (χ3n) is 5.43. The molecule has 9 heteroatoms. The van der Waals surface area contributed by atoms with Gasteiger partial charge in [-0.3, -0.25) is 4.79 Å². The molecule has 1 amide bonds. The second kappa shape index (κ2) is 8.49. The van der Waals surface area contributed by atoms with E-state index in [0.717, 1.165) is 23.2 Å². The van der Waals surface area contributed by atoms with Crippen molar-refractivity contribution < 1.29 is 27.4 Å². The second-order valence-corrected chi connectivity index (χ2v) is 7.58. The fraction of sp³-hybridized carbons (Fsp3) is 0.364. The summed E-state index contributed by atoms with van der Waals surface area (Å²) in [5.74, 6) is 0.708. The Kier molecular flexibility index (Phi) is 5.75. The van der Waals surface area contributed by atoms with Crippen LogP contribution in [0.5, 0.6) is 11.6 Å². The van der Waals surface area contributed by atoms with Crippen molar-refractivity contribution in [3.05, 3.63) is 53.9 Å². The molecule has 1 aliphatic rings. The number of rotatable bonds is 5. The highest BCUT2D eigenvalue weighted by molar-refractivity contribution is 5.98. The number of pyridine rings is 1. The van der Waals surface area contributed by atoms with E-state index in [1.165, 1.54) is 6.07 Å². The molecule has 1 aromatic carbocycles. The maximum atomic E-state index is 12.6. The largest absolute Gasteiger partial charge is 0.497 e. The molecule has 2 N–H and O–H groups in total. The Morgan fingerprint density at radius 1 is 1.13 bits per heavy atom. The molecule has 1 aliphatic carbocycles. The summed E-state index contributed by atoms with van der Waals surface area (Å²) in [6.45, 7) is 0. The van der Waals surface area contributed by atoms with Crippen LogP contribution >= 0.6 is 0 Å². The number of fused-ring (bicyclic) bond motifs is 1. The van der Waals surface area contributed by atoms with Crippen molar-refractivity contribution in [2.75, 3.05) is 7.11 Å². The summed E-state index contributed by atoms with van der Waals surface area (Å²) in [5.41, 5.74) is 0.503. The van der Waals surface area contributed by atoms with Crippen molar-refractivity contribution >= 4 is 16.8 Å². The van der Waals surface area contributed by atoms with E-state index in [-0.39, 0.29) is 23.9 Å². The standard InChI is InChI=1S/C22H22F3N3O3/c1-30-17-6-2-13-10-19(28-18(13)11-17)21(29)27-15-4-7-16(8-5-15)31-20-9-3-14(12-26-20)22(23,24)25/h2-3,6,9-12,15-16,28H,4-5,7-8H2,1H3,(H,27,29). The van der Waals surface area contributed by atoms with Crippen molar-refractivity contribution in [1.29, 1.82) is 0 Å². The van der Waals surface area contributed by atoms with Gasteiger partial charge in [0.1, 0.15) is 17.5 Å². The van der Waals surface area contributed by atoms with E-state index in [1.54, 1.807) is 13.2 Å². The van der Waals surface area contributed by atoms with Gasteiger partial charge < -0.3 is 19.8 Å². The Morgan fingerprint density at radius 3 is 2.55 bits per heavy atom. The van der Waals surface area contributed by atoms with Gasteiger partial charge in [0.15, 0.2) is 0 Å². The van der Waals surface area contributed by atoms with E-state index in [1.807, 2.05) is 18.2 Å². The maximum Gasteiger partial charge on any atom is 0.417 e. The lowest BCUT2D eigenvalue weighted by Gasteiger charge is -2.29. The molecule has 0 radical (unpaired) electrons. The molecule has 1 fully saturated rings. The molecule has 3 aromatic rings. The summed E-state index contributed by atoms with van der Waals surface area (Å²) in [4.78, 5) is 19.5. The number of carbonyl (C=O) groups is 1. The molecule has 0 bridgehead atoms. The summed E-state index contributed by atoms with van der Waals surface area (Å²) in [6, 6.07) is 9.57. The predicted octanol–water partition coefficient (Wildman–Crippen LogP) is 4.71. The third kappa shape index (κ3) is 4.92. The number of benzene rings is 1. The first-order chi connectivity index (χ1) is 14.8. The summed E-state index contributed by atoms with van der Waals surface area (Å²) < 4.78 is 48.8. The molecule has 0 aliphatic heterocycles. The molecule has 2 aromatic heterocycles. The molecular weight excluding hydrogens is 411 g/mol. The first-order valence-corrected chi connectivity index (χ1v) is 9.99. The lowest BCUT2D eigenvalue weighted by molar-refractivity contribution is -0.137. The zero-order valence-electron chi connectivity index (χ0n) is 16.8. The van der Waals surface area contributed by atoms with E-state index < -0.39 is 11.7 Å². The molecule has 164 valence electrons. The van der Waals surface area contributed by atoms with E-state index >= 15 is 0 Å². The van der Waals surface area contributed by atoms with Crippen LogP contribution in [0.2, 0.25) is 0 Å². The summed E-state index contributed by atoms with van der Waals surface area (Å²) in [6.07, 6.45) is -1.00. The molecule has 2 heterocycles. The van der Waals surface area contributed by atoms with Gasteiger partial charge in [-0.1, -0.05) is 0 Å². The van der Waals surface area contributed by atoms with Gasteiger partial charge >= 0.3 is 6.18 Å². The van der Waals surface area contributed by atoms with Crippen LogP contribution in [0.25, 0.3) is 10.9 Å². The molecular formula is C22H22F3N3O3. The first-order valence-electron chi connectivity index (χ1n) is 9.99. The Bertz CT molecular complexity index is 1060. The number of H-pyrrole nitrogens is 1. The van der Waals surface area contributed by atoms with Gasteiger partial charge in [0.2, 0.25) is 5.88 Å². The molecule has 6 nitrogen and oxygen atoms in total. The molecule has 1 saturated carbocycles. The van der Waals surface area contributed by atoms with Crippen molar-refractivity contribution in [2.45, 2.75) is 44.0 Å². The van der Waals surface area contributed by atoms with E-state index in [4.69, 9.17) is 9.47 Å². The minimum Gasteiger partial charge on any atom is -0.497 e. The number of aromatic nitrogens is 2. The summed E-state index contributed by atoms with van der Waals surface area (Å²) in [7, 11) is 1.59. The van der Waals surface area contributed by atoms with Crippen LogP contribution in [-0.2, 0) is 6.18 Å². The zero-order valence-corrected chi connectivity index (χ0v) is 16.8. The normalized spacial score (nSPS) is 19.2. The quantitative estimate of drug-likeness (QED) is 0.611. The molecule has 0 atom stereocenters. The number of nitrogens with zero attached hydrogens (tertiary/aromatic N) is 1. The fourth-order valence-electron chi connectivity index (χ4n) is 3.73. The molecule has 0 unspecified atom stereocenters. The van der Waals surface area contributed by atoms with E-state index in [9.17, 15) is 18.0 Å². The zero-order chi connectivity index (χ0) is 22.0. The van der Waals surface area contributed by atoms with E-state index in [2.05, 4.69) is 15.3 Å². The Hall–Kier alpha value is -3.23.